The second-order valence-electron chi connectivity index (χ2n) is 6.67. The number of carbonyl (C=O) groups is 2. The molecule has 0 saturated heterocycles. The van der Waals surface area contributed by atoms with Crippen molar-refractivity contribution in [1.29, 1.82) is 0 Å². The van der Waals surface area contributed by atoms with Crippen LogP contribution < -0.4 is 10.6 Å². The van der Waals surface area contributed by atoms with Crippen LogP contribution in [0.15, 0.2) is 0 Å². The average Bonchev–Trinajstić information content (AvgIpc) is 3.40. The Morgan fingerprint density at radius 1 is 1.36 bits per heavy atom. The fourth-order valence-electron chi connectivity index (χ4n) is 2.75. The Morgan fingerprint density at radius 3 is 2.64 bits per heavy atom. The fraction of sp³-hybridized carbons (Fsp3) is 0.706. The quantitative estimate of drug-likeness (QED) is 0.673. The predicted octanol–water partition coefficient (Wildman–Crippen LogP) is 0.684. The van der Waals surface area contributed by atoms with E-state index in [1.165, 1.54) is 12.8 Å². The van der Waals surface area contributed by atoms with Gasteiger partial charge in [-0.05, 0) is 40.7 Å². The third kappa shape index (κ3) is 5.02. The van der Waals surface area contributed by atoms with Crippen LogP contribution in [0.2, 0.25) is 0 Å². The molecule has 0 radical (unpaired) electrons. The summed E-state index contributed by atoms with van der Waals surface area (Å²) in [5, 5.41) is 9.75. The van der Waals surface area contributed by atoms with Crippen molar-refractivity contribution in [3.05, 3.63) is 11.4 Å². The molecule has 1 aromatic heterocycles. The minimum absolute atomic E-state index is 0.199. The number of ether oxygens (including phenoxy) is 1. The van der Waals surface area contributed by atoms with Crippen molar-refractivity contribution in [2.24, 2.45) is 0 Å². The number of nitrogens with one attached hydrogen (secondary N) is 2. The van der Waals surface area contributed by atoms with E-state index in [1.54, 1.807) is 18.7 Å². The number of likely N-dealkylation sites (N-methyl/N-ethyl adjacent to an activating group) is 1. The van der Waals surface area contributed by atoms with Crippen molar-refractivity contribution in [3.63, 3.8) is 0 Å². The summed E-state index contributed by atoms with van der Waals surface area (Å²) in [4.78, 5) is 26.5. The predicted molar refractivity (Wildman–Crippen MR) is 95.5 cm³/mol. The van der Waals surface area contributed by atoms with E-state index in [-0.39, 0.29) is 6.04 Å². The largest absolute Gasteiger partial charge is 0.383 e. The van der Waals surface area contributed by atoms with Crippen LogP contribution in [-0.4, -0.2) is 65.9 Å². The molecule has 2 amide bonds. The Hall–Kier alpha value is -1.93. The average molecular weight is 351 g/mol. The topological polar surface area (TPSA) is 88.5 Å². The zero-order chi connectivity index (χ0) is 18.6. The van der Waals surface area contributed by atoms with Crippen LogP contribution in [0.5, 0.6) is 0 Å². The second-order valence-corrected chi connectivity index (χ2v) is 6.67. The van der Waals surface area contributed by atoms with Crippen LogP contribution >= 0.6 is 0 Å². The van der Waals surface area contributed by atoms with Crippen LogP contribution in [0.25, 0.3) is 0 Å². The van der Waals surface area contributed by atoms with Crippen LogP contribution in [0.1, 0.15) is 31.2 Å². The van der Waals surface area contributed by atoms with E-state index in [0.29, 0.717) is 37.1 Å². The Labute approximate surface area is 148 Å². The zero-order valence-electron chi connectivity index (χ0n) is 15.8. The van der Waals surface area contributed by atoms with Gasteiger partial charge in [-0.25, -0.2) is 0 Å². The molecule has 25 heavy (non-hydrogen) atoms. The maximum absolute atomic E-state index is 12.2. The van der Waals surface area contributed by atoms with E-state index in [0.717, 1.165) is 5.69 Å². The highest BCUT2D eigenvalue weighted by Crippen LogP contribution is 2.26. The van der Waals surface area contributed by atoms with Gasteiger partial charge < -0.3 is 15.4 Å². The number of rotatable bonds is 8. The molecule has 0 unspecified atom stereocenters. The van der Waals surface area contributed by atoms with Crippen molar-refractivity contribution in [2.45, 2.75) is 52.2 Å². The summed E-state index contributed by atoms with van der Waals surface area (Å²) < 4.78 is 6.81. The van der Waals surface area contributed by atoms with Crippen LogP contribution in [0.4, 0.5) is 5.69 Å². The van der Waals surface area contributed by atoms with E-state index in [1.807, 2.05) is 13.8 Å². The van der Waals surface area contributed by atoms with Gasteiger partial charge in [-0.15, -0.1) is 0 Å². The summed E-state index contributed by atoms with van der Waals surface area (Å²) in [6.07, 6.45) is 2.42. The minimum atomic E-state index is -0.668. The number of nitrogens with zero attached hydrogens (tertiary/aromatic N) is 3. The molecule has 0 aromatic carbocycles. The number of hydrogen-bond acceptors (Lipinski definition) is 5. The summed E-state index contributed by atoms with van der Waals surface area (Å²) in [7, 11) is 3.68. The van der Waals surface area contributed by atoms with E-state index >= 15 is 0 Å². The van der Waals surface area contributed by atoms with Crippen LogP contribution in [0, 0.1) is 13.8 Å². The molecule has 8 nitrogen and oxygen atoms in total. The summed E-state index contributed by atoms with van der Waals surface area (Å²) >= 11 is 0. The highest BCUT2D eigenvalue weighted by Gasteiger charge is 2.29. The minimum Gasteiger partial charge on any atom is -0.383 e. The fourth-order valence-corrected chi connectivity index (χ4v) is 2.75. The van der Waals surface area contributed by atoms with Crippen molar-refractivity contribution in [1.82, 2.24) is 20.0 Å². The normalized spacial score (nSPS) is 15.3. The van der Waals surface area contributed by atoms with Gasteiger partial charge in [-0.3, -0.25) is 19.2 Å². The molecule has 1 saturated carbocycles. The summed E-state index contributed by atoms with van der Waals surface area (Å²) in [5.74, 6) is -1.29. The van der Waals surface area contributed by atoms with Gasteiger partial charge in [-0.1, -0.05) is 0 Å². The number of aryl methyl sites for hydroxylation is 1. The van der Waals surface area contributed by atoms with Crippen LogP contribution in [0.3, 0.4) is 0 Å². The summed E-state index contributed by atoms with van der Waals surface area (Å²) in [6.45, 7) is 7.28. The number of amides is 2. The number of aromatic nitrogens is 2. The number of hydrogen-bond donors (Lipinski definition) is 2. The Bertz CT molecular complexity index is 624. The van der Waals surface area contributed by atoms with Crippen molar-refractivity contribution in [3.8, 4) is 0 Å². The van der Waals surface area contributed by atoms with Gasteiger partial charge in [0.1, 0.15) is 0 Å². The molecule has 1 atom stereocenters. The molecule has 2 rings (SSSR count). The van der Waals surface area contributed by atoms with Gasteiger partial charge in [0, 0.05) is 25.7 Å². The summed E-state index contributed by atoms with van der Waals surface area (Å²) in [5.41, 5.74) is 2.06. The molecule has 1 aliphatic rings. The Morgan fingerprint density at radius 2 is 2.04 bits per heavy atom. The third-order valence-electron chi connectivity index (χ3n) is 4.71. The first-order chi connectivity index (χ1) is 11.8. The lowest BCUT2D eigenvalue weighted by atomic mass is 10.3. The van der Waals surface area contributed by atoms with E-state index in [4.69, 9.17) is 4.74 Å². The molecular formula is C17H29N5O3. The van der Waals surface area contributed by atoms with Gasteiger partial charge in [0.25, 0.3) is 0 Å². The number of methoxy groups -OCH3 is 1. The Balaban J connectivity index is 1.88. The SMILES string of the molecule is COCCn1nc(C)c(NC(=O)C(=O)NC[C@@H](C)N(C)C2CC2)c1C. The lowest BCUT2D eigenvalue weighted by Crippen LogP contribution is -2.44. The van der Waals surface area contributed by atoms with Crippen molar-refractivity contribution >= 4 is 17.5 Å². The third-order valence-corrected chi connectivity index (χ3v) is 4.71. The monoisotopic (exact) mass is 351 g/mol. The van der Waals surface area contributed by atoms with Crippen molar-refractivity contribution < 1.29 is 14.3 Å². The molecule has 1 fully saturated rings. The number of carbonyl (C=O) groups excluding carboxylic acids is 2. The van der Waals surface area contributed by atoms with Crippen LogP contribution in [-0.2, 0) is 20.9 Å². The molecule has 1 aromatic rings. The lowest BCUT2D eigenvalue weighted by molar-refractivity contribution is -0.136. The molecule has 140 valence electrons. The smallest absolute Gasteiger partial charge is 0.313 e. The highest BCUT2D eigenvalue weighted by molar-refractivity contribution is 6.39. The second kappa shape index (κ2) is 8.44. The molecule has 1 heterocycles. The standard InChI is InChI=1S/C17H29N5O3/c1-11(21(4)14-6-7-14)10-18-16(23)17(24)19-15-12(2)20-22(13(15)3)8-9-25-5/h11,14H,6-10H2,1-5H3,(H,18,23)(H,19,24)/t11-/m1/s1. The van der Waals surface area contributed by atoms with Gasteiger partial charge >= 0.3 is 11.8 Å². The van der Waals surface area contributed by atoms with Crippen molar-refractivity contribution in [2.75, 3.05) is 32.6 Å². The van der Waals surface area contributed by atoms with Gasteiger partial charge in [0.2, 0.25) is 0 Å². The molecule has 0 spiro atoms. The first-order valence-electron chi connectivity index (χ1n) is 8.69. The molecular weight excluding hydrogens is 322 g/mol. The van der Waals surface area contributed by atoms with E-state index in [2.05, 4.69) is 27.7 Å². The van der Waals surface area contributed by atoms with Gasteiger partial charge in [-0.2, -0.15) is 5.10 Å². The molecule has 2 N–H and O–H groups in total. The van der Waals surface area contributed by atoms with E-state index < -0.39 is 11.8 Å². The van der Waals surface area contributed by atoms with E-state index in [9.17, 15) is 9.59 Å². The highest BCUT2D eigenvalue weighted by atomic mass is 16.5. The number of anilines is 1. The molecule has 0 bridgehead atoms. The molecule has 8 heteroatoms. The van der Waals surface area contributed by atoms with Gasteiger partial charge in [0.15, 0.2) is 0 Å². The zero-order valence-corrected chi connectivity index (χ0v) is 15.8. The first-order valence-corrected chi connectivity index (χ1v) is 8.69. The van der Waals surface area contributed by atoms with Gasteiger partial charge in [0.05, 0.1) is 30.2 Å². The Kier molecular flexibility index (Phi) is 6.55. The maximum atomic E-state index is 12.2. The maximum Gasteiger partial charge on any atom is 0.313 e. The lowest BCUT2D eigenvalue weighted by Gasteiger charge is -2.24. The molecule has 0 aliphatic heterocycles. The first kappa shape index (κ1) is 19.4. The summed E-state index contributed by atoms with van der Waals surface area (Å²) in [6, 6.07) is 0.813. The molecule has 1 aliphatic carbocycles.